The van der Waals surface area contributed by atoms with Gasteiger partial charge in [-0.2, -0.15) is 0 Å². The predicted octanol–water partition coefficient (Wildman–Crippen LogP) is 3.03. The molecule has 0 saturated carbocycles. The zero-order chi connectivity index (χ0) is 10.9. The maximum atomic E-state index is 9.30. The van der Waals surface area contributed by atoms with Gasteiger partial charge in [0.25, 0.3) is 0 Å². The molecule has 3 N–H and O–H groups in total. The largest absolute Gasteiger partial charge is 0.391 e. The summed E-state index contributed by atoms with van der Waals surface area (Å²) in [6.45, 7) is 1.59. The highest BCUT2D eigenvalue weighted by Gasteiger charge is 2.18. The summed E-state index contributed by atoms with van der Waals surface area (Å²) in [5.74, 6) is 0. The van der Waals surface area contributed by atoms with Crippen molar-refractivity contribution >= 4 is 34.8 Å². The molecule has 1 aromatic rings. The highest BCUT2D eigenvalue weighted by molar-refractivity contribution is 6.48. The zero-order valence-electron chi connectivity index (χ0n) is 7.47. The number of aliphatic hydroxyl groups excluding tert-OH is 1. The highest BCUT2D eigenvalue weighted by Crippen LogP contribution is 2.35. The summed E-state index contributed by atoms with van der Waals surface area (Å²) in [5, 5.41) is 10.2. The first-order valence-electron chi connectivity index (χ1n) is 4.02. The summed E-state index contributed by atoms with van der Waals surface area (Å²) in [6.07, 6.45) is -0.690. The van der Waals surface area contributed by atoms with Gasteiger partial charge < -0.3 is 10.8 Å². The Bertz CT molecular complexity index is 341. The normalized spacial score (nSPS) is 15.3. The summed E-state index contributed by atoms with van der Waals surface area (Å²) in [4.78, 5) is 0. The molecule has 0 aliphatic heterocycles. The number of aliphatic hydroxyl groups is 1. The van der Waals surface area contributed by atoms with E-state index in [1.54, 1.807) is 19.1 Å². The fourth-order valence-electron chi connectivity index (χ4n) is 1.06. The molecule has 2 atom stereocenters. The molecular formula is C9H10Cl3NO. The molecule has 0 bridgehead atoms. The Morgan fingerprint density at radius 2 is 1.79 bits per heavy atom. The van der Waals surface area contributed by atoms with E-state index in [0.717, 1.165) is 0 Å². The molecule has 2 nitrogen and oxygen atoms in total. The van der Waals surface area contributed by atoms with Crippen LogP contribution in [0.25, 0.3) is 0 Å². The molecular weight excluding hydrogens is 244 g/mol. The van der Waals surface area contributed by atoms with Gasteiger partial charge in [-0.1, -0.05) is 40.9 Å². The Balaban J connectivity index is 3.17. The smallest absolute Gasteiger partial charge is 0.0781 e. The number of rotatable bonds is 2. The monoisotopic (exact) mass is 253 g/mol. The second-order valence-electron chi connectivity index (χ2n) is 3.03. The fraction of sp³-hybridized carbons (Fsp3) is 0.333. The van der Waals surface area contributed by atoms with Crippen LogP contribution in [-0.4, -0.2) is 11.2 Å². The van der Waals surface area contributed by atoms with Crippen molar-refractivity contribution in [1.82, 2.24) is 0 Å². The third-order valence-corrected chi connectivity index (χ3v) is 3.25. The molecule has 0 aliphatic rings. The molecule has 0 aliphatic carbocycles. The molecule has 0 radical (unpaired) electrons. The van der Waals surface area contributed by atoms with Crippen molar-refractivity contribution in [2.45, 2.75) is 19.1 Å². The molecule has 0 saturated heterocycles. The Morgan fingerprint density at radius 3 is 2.29 bits per heavy atom. The molecule has 0 heterocycles. The van der Waals surface area contributed by atoms with Crippen LogP contribution in [-0.2, 0) is 0 Å². The van der Waals surface area contributed by atoms with E-state index in [2.05, 4.69) is 0 Å². The predicted molar refractivity (Wildman–Crippen MR) is 60.1 cm³/mol. The lowest BCUT2D eigenvalue weighted by Crippen LogP contribution is -2.23. The van der Waals surface area contributed by atoms with Gasteiger partial charge in [-0.05, 0) is 18.6 Å². The van der Waals surface area contributed by atoms with Crippen molar-refractivity contribution in [2.24, 2.45) is 5.73 Å². The van der Waals surface area contributed by atoms with E-state index in [4.69, 9.17) is 40.5 Å². The molecule has 0 amide bonds. The van der Waals surface area contributed by atoms with Gasteiger partial charge >= 0.3 is 0 Å². The third-order valence-electron chi connectivity index (χ3n) is 1.94. The van der Waals surface area contributed by atoms with Crippen LogP contribution in [0.2, 0.25) is 15.1 Å². The highest BCUT2D eigenvalue weighted by atomic mass is 35.5. The Morgan fingerprint density at radius 1 is 1.21 bits per heavy atom. The molecule has 78 valence electrons. The van der Waals surface area contributed by atoms with Gasteiger partial charge in [0.1, 0.15) is 0 Å². The van der Waals surface area contributed by atoms with Gasteiger partial charge in [-0.25, -0.2) is 0 Å². The van der Waals surface area contributed by atoms with Crippen LogP contribution in [0.5, 0.6) is 0 Å². The second-order valence-corrected chi connectivity index (χ2v) is 4.19. The molecule has 14 heavy (non-hydrogen) atoms. The Kier molecular flexibility index (Phi) is 4.04. The molecule has 1 aromatic carbocycles. The first-order valence-corrected chi connectivity index (χ1v) is 5.15. The van der Waals surface area contributed by atoms with Crippen molar-refractivity contribution in [3.05, 3.63) is 32.8 Å². The van der Waals surface area contributed by atoms with E-state index in [0.29, 0.717) is 15.6 Å². The van der Waals surface area contributed by atoms with Crippen LogP contribution < -0.4 is 5.73 Å². The van der Waals surface area contributed by atoms with E-state index < -0.39 is 12.1 Å². The molecule has 5 heteroatoms. The number of nitrogens with two attached hydrogens (primary N) is 1. The van der Waals surface area contributed by atoms with E-state index in [1.807, 2.05) is 0 Å². The molecule has 0 fully saturated rings. The average Bonchev–Trinajstić information content (AvgIpc) is 2.13. The van der Waals surface area contributed by atoms with Crippen molar-refractivity contribution in [3.63, 3.8) is 0 Å². The van der Waals surface area contributed by atoms with Crippen LogP contribution in [0.1, 0.15) is 18.5 Å². The number of benzene rings is 1. The lowest BCUT2D eigenvalue weighted by Gasteiger charge is -2.17. The van der Waals surface area contributed by atoms with E-state index in [9.17, 15) is 5.11 Å². The maximum Gasteiger partial charge on any atom is 0.0781 e. The molecule has 0 aromatic heterocycles. The third kappa shape index (κ3) is 2.33. The second kappa shape index (κ2) is 4.69. The van der Waals surface area contributed by atoms with Crippen LogP contribution in [0.3, 0.4) is 0 Å². The van der Waals surface area contributed by atoms with Crippen molar-refractivity contribution in [1.29, 1.82) is 0 Å². The van der Waals surface area contributed by atoms with Gasteiger partial charge in [0.05, 0.1) is 27.2 Å². The van der Waals surface area contributed by atoms with Crippen LogP contribution in [0, 0.1) is 0 Å². The SMILES string of the molecule is CC(O)C(N)c1ccc(Cl)c(Cl)c1Cl. The van der Waals surface area contributed by atoms with Gasteiger partial charge in [0.15, 0.2) is 0 Å². The number of hydrogen-bond acceptors (Lipinski definition) is 2. The standard InChI is InChI=1S/C9H10Cl3NO/c1-4(14)9(13)5-2-3-6(10)8(12)7(5)11/h2-4,9,14H,13H2,1H3. The van der Waals surface area contributed by atoms with Gasteiger partial charge in [0.2, 0.25) is 0 Å². The van der Waals surface area contributed by atoms with Gasteiger partial charge in [-0.3, -0.25) is 0 Å². The molecule has 1 rings (SSSR count). The van der Waals surface area contributed by atoms with Crippen LogP contribution >= 0.6 is 34.8 Å². The van der Waals surface area contributed by atoms with Crippen molar-refractivity contribution < 1.29 is 5.11 Å². The van der Waals surface area contributed by atoms with E-state index in [-0.39, 0.29) is 5.02 Å². The first-order chi connectivity index (χ1) is 6.45. The summed E-state index contributed by atoms with van der Waals surface area (Å²) in [5.41, 5.74) is 6.31. The van der Waals surface area contributed by atoms with Crippen molar-refractivity contribution in [3.8, 4) is 0 Å². The summed E-state index contributed by atoms with van der Waals surface area (Å²) in [7, 11) is 0. The van der Waals surface area contributed by atoms with Gasteiger partial charge in [-0.15, -0.1) is 0 Å². The fourth-order valence-corrected chi connectivity index (χ4v) is 1.73. The topological polar surface area (TPSA) is 46.2 Å². The molecule has 2 unspecified atom stereocenters. The van der Waals surface area contributed by atoms with E-state index in [1.165, 1.54) is 0 Å². The lowest BCUT2D eigenvalue weighted by molar-refractivity contribution is 0.164. The quantitative estimate of drug-likeness (QED) is 0.797. The number of halogens is 3. The summed E-state index contributed by atoms with van der Waals surface area (Å²) >= 11 is 17.5. The minimum absolute atomic E-state index is 0.266. The summed E-state index contributed by atoms with van der Waals surface area (Å²) < 4.78 is 0. The zero-order valence-corrected chi connectivity index (χ0v) is 9.74. The lowest BCUT2D eigenvalue weighted by atomic mass is 10.0. The summed E-state index contributed by atoms with van der Waals surface area (Å²) in [6, 6.07) is 2.71. The average molecular weight is 255 g/mol. The Hall–Kier alpha value is 0.01000. The van der Waals surface area contributed by atoms with Crippen LogP contribution in [0.4, 0.5) is 0 Å². The van der Waals surface area contributed by atoms with Crippen LogP contribution in [0.15, 0.2) is 12.1 Å². The number of hydrogen-bond donors (Lipinski definition) is 2. The minimum Gasteiger partial charge on any atom is -0.391 e. The first kappa shape index (κ1) is 12.1. The molecule has 0 spiro atoms. The van der Waals surface area contributed by atoms with Gasteiger partial charge in [0, 0.05) is 0 Å². The maximum absolute atomic E-state index is 9.30. The van der Waals surface area contributed by atoms with Crippen molar-refractivity contribution in [2.75, 3.05) is 0 Å². The minimum atomic E-state index is -0.690. The van der Waals surface area contributed by atoms with E-state index >= 15 is 0 Å². The Labute approximate surface area is 97.6 Å².